The van der Waals surface area contributed by atoms with Crippen LogP contribution < -0.4 is 5.73 Å². The van der Waals surface area contributed by atoms with Gasteiger partial charge in [-0.2, -0.15) is 15.0 Å². The minimum absolute atomic E-state index is 0.259. The van der Waals surface area contributed by atoms with Gasteiger partial charge in [-0.15, -0.1) is 0 Å². The Hall–Kier alpha value is -1.95. The van der Waals surface area contributed by atoms with Gasteiger partial charge in [0, 0.05) is 13.5 Å². The van der Waals surface area contributed by atoms with Crippen molar-refractivity contribution in [2.24, 2.45) is 12.8 Å². The molecule has 1 aromatic carbocycles. The van der Waals surface area contributed by atoms with Crippen molar-refractivity contribution in [3.05, 3.63) is 23.8 Å². The van der Waals surface area contributed by atoms with Crippen molar-refractivity contribution in [2.75, 3.05) is 0 Å². The molecule has 0 amide bonds. The quantitative estimate of drug-likeness (QED) is 0.797. The predicted octanol–water partition coefficient (Wildman–Crippen LogP) is 0.313. The summed E-state index contributed by atoms with van der Waals surface area (Å²) in [6.45, 7) is 1.50. The second-order valence-electron chi connectivity index (χ2n) is 4.41. The van der Waals surface area contributed by atoms with E-state index in [1.54, 1.807) is 7.05 Å². The molecular formula is C11H14N4O2. The number of carboxylic acid groups (broad SMARTS) is 1. The smallest absolute Gasteiger partial charge is 0.323 e. The number of fused-ring (bicyclic) bond motifs is 1. The zero-order chi connectivity index (χ0) is 12.6. The van der Waals surface area contributed by atoms with Crippen molar-refractivity contribution in [1.29, 1.82) is 0 Å². The molecule has 6 nitrogen and oxygen atoms in total. The van der Waals surface area contributed by atoms with Crippen LogP contribution in [-0.2, 0) is 18.3 Å². The number of nitrogens with zero attached hydrogens (tertiary/aromatic N) is 3. The average molecular weight is 234 g/mol. The van der Waals surface area contributed by atoms with E-state index in [0.29, 0.717) is 0 Å². The summed E-state index contributed by atoms with van der Waals surface area (Å²) in [7, 11) is 1.74. The van der Waals surface area contributed by atoms with Crippen molar-refractivity contribution < 1.29 is 9.90 Å². The van der Waals surface area contributed by atoms with Crippen LogP contribution >= 0.6 is 0 Å². The Morgan fingerprint density at radius 1 is 1.47 bits per heavy atom. The molecule has 0 saturated heterocycles. The summed E-state index contributed by atoms with van der Waals surface area (Å²) in [4.78, 5) is 12.4. The van der Waals surface area contributed by atoms with Gasteiger partial charge in [0.25, 0.3) is 0 Å². The minimum Gasteiger partial charge on any atom is -0.480 e. The second-order valence-corrected chi connectivity index (χ2v) is 4.41. The first-order valence-electron chi connectivity index (χ1n) is 5.21. The summed E-state index contributed by atoms with van der Waals surface area (Å²) >= 11 is 0. The van der Waals surface area contributed by atoms with Crippen LogP contribution in [0.3, 0.4) is 0 Å². The van der Waals surface area contributed by atoms with Crippen LogP contribution in [0.25, 0.3) is 11.0 Å². The Labute approximate surface area is 98.0 Å². The molecule has 1 aromatic heterocycles. The molecule has 2 aromatic rings. The van der Waals surface area contributed by atoms with Crippen LogP contribution in [0.15, 0.2) is 18.2 Å². The lowest BCUT2D eigenvalue weighted by atomic mass is 9.94. The van der Waals surface area contributed by atoms with E-state index in [9.17, 15) is 4.79 Å². The zero-order valence-corrected chi connectivity index (χ0v) is 9.71. The van der Waals surface area contributed by atoms with Crippen LogP contribution in [0, 0.1) is 0 Å². The van der Waals surface area contributed by atoms with Crippen LogP contribution in [0.1, 0.15) is 12.5 Å². The van der Waals surface area contributed by atoms with E-state index < -0.39 is 11.5 Å². The largest absolute Gasteiger partial charge is 0.480 e. The Bertz CT molecular complexity index is 574. The molecule has 0 bridgehead atoms. The van der Waals surface area contributed by atoms with E-state index in [0.717, 1.165) is 16.6 Å². The Kier molecular flexibility index (Phi) is 2.59. The summed E-state index contributed by atoms with van der Waals surface area (Å²) in [6, 6.07) is 5.46. The van der Waals surface area contributed by atoms with Crippen LogP contribution in [-0.4, -0.2) is 31.6 Å². The average Bonchev–Trinajstić information content (AvgIpc) is 2.56. The zero-order valence-electron chi connectivity index (χ0n) is 9.71. The molecule has 0 fully saturated rings. The second kappa shape index (κ2) is 3.81. The van der Waals surface area contributed by atoms with Gasteiger partial charge in [0.1, 0.15) is 16.6 Å². The maximum absolute atomic E-state index is 10.9. The Morgan fingerprint density at radius 2 is 2.12 bits per heavy atom. The van der Waals surface area contributed by atoms with Gasteiger partial charge in [-0.05, 0) is 24.6 Å². The fourth-order valence-corrected chi connectivity index (χ4v) is 1.68. The lowest BCUT2D eigenvalue weighted by molar-refractivity contribution is -0.142. The van der Waals surface area contributed by atoms with Crippen LogP contribution in [0.2, 0.25) is 0 Å². The van der Waals surface area contributed by atoms with Crippen molar-refractivity contribution in [3.8, 4) is 0 Å². The fourth-order valence-electron chi connectivity index (χ4n) is 1.68. The summed E-state index contributed by atoms with van der Waals surface area (Å²) in [5, 5.41) is 17.3. The van der Waals surface area contributed by atoms with Crippen molar-refractivity contribution in [3.63, 3.8) is 0 Å². The van der Waals surface area contributed by atoms with Gasteiger partial charge < -0.3 is 10.8 Å². The number of carboxylic acids is 1. The number of hydrogen-bond donors (Lipinski definition) is 2. The molecule has 0 radical (unpaired) electrons. The third-order valence-electron chi connectivity index (χ3n) is 2.60. The highest BCUT2D eigenvalue weighted by atomic mass is 16.4. The highest BCUT2D eigenvalue weighted by Crippen LogP contribution is 2.16. The lowest BCUT2D eigenvalue weighted by Gasteiger charge is -2.18. The number of carbonyl (C=O) groups is 1. The van der Waals surface area contributed by atoms with Crippen molar-refractivity contribution >= 4 is 17.0 Å². The Balaban J connectivity index is 2.34. The number of benzene rings is 1. The topological polar surface area (TPSA) is 94.0 Å². The highest BCUT2D eigenvalue weighted by Gasteiger charge is 2.28. The molecule has 6 heteroatoms. The highest BCUT2D eigenvalue weighted by molar-refractivity contribution is 5.79. The SMILES string of the molecule is Cn1nc2ccc(C[C@](C)(N)C(=O)O)cc2n1. The summed E-state index contributed by atoms with van der Waals surface area (Å²) in [5.74, 6) is -1.02. The van der Waals surface area contributed by atoms with Gasteiger partial charge in [-0.25, -0.2) is 0 Å². The molecule has 17 heavy (non-hydrogen) atoms. The van der Waals surface area contributed by atoms with Gasteiger partial charge in [-0.1, -0.05) is 6.07 Å². The number of rotatable bonds is 3. The third-order valence-corrected chi connectivity index (χ3v) is 2.60. The number of aryl methyl sites for hydroxylation is 1. The normalized spacial score (nSPS) is 14.8. The van der Waals surface area contributed by atoms with E-state index in [1.165, 1.54) is 11.7 Å². The van der Waals surface area contributed by atoms with Gasteiger partial charge in [0.2, 0.25) is 0 Å². The van der Waals surface area contributed by atoms with Gasteiger partial charge >= 0.3 is 5.97 Å². The van der Waals surface area contributed by atoms with Crippen molar-refractivity contribution in [1.82, 2.24) is 15.0 Å². The lowest BCUT2D eigenvalue weighted by Crippen LogP contribution is -2.46. The number of nitrogens with two attached hydrogens (primary N) is 1. The van der Waals surface area contributed by atoms with Crippen molar-refractivity contribution in [2.45, 2.75) is 18.9 Å². The Morgan fingerprint density at radius 3 is 2.76 bits per heavy atom. The molecule has 1 heterocycles. The summed E-state index contributed by atoms with van der Waals surface area (Å²) in [5.41, 5.74) is 6.79. The van der Waals surface area contributed by atoms with E-state index in [4.69, 9.17) is 10.8 Å². The number of aromatic nitrogens is 3. The standard InChI is InChI=1S/C11H14N4O2/c1-11(12,10(16)17)6-7-3-4-8-9(5-7)14-15(2)13-8/h3-5H,6,12H2,1-2H3,(H,16,17)/t11-/m0/s1. The molecule has 2 rings (SSSR count). The first-order valence-corrected chi connectivity index (χ1v) is 5.21. The van der Waals surface area contributed by atoms with E-state index in [1.807, 2.05) is 18.2 Å². The predicted molar refractivity (Wildman–Crippen MR) is 62.4 cm³/mol. The molecule has 0 spiro atoms. The fraction of sp³-hybridized carbons (Fsp3) is 0.364. The summed E-state index contributed by atoms with van der Waals surface area (Å²) < 4.78 is 0. The minimum atomic E-state index is -1.27. The molecule has 3 N–H and O–H groups in total. The summed E-state index contributed by atoms with van der Waals surface area (Å²) in [6.07, 6.45) is 0.259. The molecule has 90 valence electrons. The molecule has 0 unspecified atom stereocenters. The van der Waals surface area contributed by atoms with Gasteiger partial charge in [0.05, 0.1) is 0 Å². The van der Waals surface area contributed by atoms with Crippen LogP contribution in [0.5, 0.6) is 0 Å². The molecule has 0 aliphatic rings. The first kappa shape index (κ1) is 11.5. The molecule has 0 saturated carbocycles. The van der Waals surface area contributed by atoms with E-state index >= 15 is 0 Å². The monoisotopic (exact) mass is 234 g/mol. The van der Waals surface area contributed by atoms with Crippen LogP contribution in [0.4, 0.5) is 0 Å². The van der Waals surface area contributed by atoms with Gasteiger partial charge in [0.15, 0.2) is 0 Å². The maximum Gasteiger partial charge on any atom is 0.323 e. The van der Waals surface area contributed by atoms with E-state index in [2.05, 4.69) is 10.2 Å². The van der Waals surface area contributed by atoms with Gasteiger partial charge in [-0.3, -0.25) is 4.79 Å². The van der Waals surface area contributed by atoms with E-state index in [-0.39, 0.29) is 6.42 Å². The maximum atomic E-state index is 10.9. The molecular weight excluding hydrogens is 220 g/mol. The number of hydrogen-bond acceptors (Lipinski definition) is 4. The number of aliphatic carboxylic acids is 1. The molecule has 1 atom stereocenters. The third kappa shape index (κ3) is 2.26. The molecule has 0 aliphatic carbocycles. The first-order chi connectivity index (χ1) is 7.88. The molecule has 0 aliphatic heterocycles.